The van der Waals surface area contributed by atoms with E-state index in [1.165, 1.54) is 18.3 Å². The minimum Gasteiger partial charge on any atom is -0.484 e. The highest BCUT2D eigenvalue weighted by Crippen LogP contribution is 2.26. The van der Waals surface area contributed by atoms with Gasteiger partial charge in [-0.15, -0.1) is 0 Å². The Morgan fingerprint density at radius 1 is 1.23 bits per heavy atom. The van der Waals surface area contributed by atoms with E-state index in [2.05, 4.69) is 15.6 Å². The number of ether oxygens (including phenoxy) is 2. The van der Waals surface area contributed by atoms with E-state index >= 15 is 0 Å². The number of amides is 2. The van der Waals surface area contributed by atoms with Gasteiger partial charge in [-0.1, -0.05) is 11.6 Å². The van der Waals surface area contributed by atoms with E-state index in [0.717, 1.165) is 18.9 Å². The summed E-state index contributed by atoms with van der Waals surface area (Å²) in [5.41, 5.74) is 0. The van der Waals surface area contributed by atoms with Crippen molar-refractivity contribution in [3.8, 4) is 5.75 Å². The molecule has 2 amide bonds. The summed E-state index contributed by atoms with van der Waals surface area (Å²) < 4.78 is 29.4. The minimum atomic E-state index is -0.614. The van der Waals surface area contributed by atoms with Crippen LogP contribution in [0.1, 0.15) is 41.6 Å². The van der Waals surface area contributed by atoms with Gasteiger partial charge in [-0.3, -0.25) is 9.59 Å². The lowest BCUT2D eigenvalue weighted by Gasteiger charge is -2.18. The zero-order valence-electron chi connectivity index (χ0n) is 16.3. The number of halogens is 2. The third-order valence-corrected chi connectivity index (χ3v) is 4.85. The molecule has 1 saturated heterocycles. The number of rotatable bonds is 9. The molecular weight excluding hydrogens is 417 g/mol. The number of aromatic nitrogens is 1. The van der Waals surface area contributed by atoms with Crippen molar-refractivity contribution in [3.05, 3.63) is 46.9 Å². The standard InChI is InChI=1S/C20H23ClFN3O5/c21-15-3-2-14(10-16(15)22)29-12-18(26)23-6-1-7-24-19(27)17-11-25-20(30-17)13-4-8-28-9-5-13/h2-3,10-11,13H,1,4-9,12H2,(H,23,26)(H,24,27). The first-order valence-electron chi connectivity index (χ1n) is 9.69. The van der Waals surface area contributed by atoms with Crippen LogP contribution in [0.15, 0.2) is 28.8 Å². The van der Waals surface area contributed by atoms with Gasteiger partial charge in [0.2, 0.25) is 5.76 Å². The maximum atomic E-state index is 13.3. The summed E-state index contributed by atoms with van der Waals surface area (Å²) in [6, 6.07) is 3.95. The smallest absolute Gasteiger partial charge is 0.288 e. The summed E-state index contributed by atoms with van der Waals surface area (Å²) in [6.07, 6.45) is 3.61. The molecule has 2 N–H and O–H groups in total. The third kappa shape index (κ3) is 6.43. The average molecular weight is 440 g/mol. The number of hydrogen-bond acceptors (Lipinski definition) is 6. The molecule has 0 atom stereocenters. The molecule has 0 aliphatic carbocycles. The van der Waals surface area contributed by atoms with Crippen molar-refractivity contribution in [2.75, 3.05) is 32.9 Å². The molecular formula is C20H23ClFN3O5. The lowest BCUT2D eigenvalue weighted by atomic mass is 10.0. The van der Waals surface area contributed by atoms with E-state index < -0.39 is 5.82 Å². The fraction of sp³-hybridized carbons (Fsp3) is 0.450. The molecule has 8 nitrogen and oxygen atoms in total. The van der Waals surface area contributed by atoms with Crippen molar-refractivity contribution < 1.29 is 27.9 Å². The molecule has 0 saturated carbocycles. The number of carbonyl (C=O) groups is 2. The van der Waals surface area contributed by atoms with Gasteiger partial charge in [0.15, 0.2) is 12.5 Å². The summed E-state index contributed by atoms with van der Waals surface area (Å²) in [4.78, 5) is 28.1. The number of carbonyl (C=O) groups excluding carboxylic acids is 2. The normalized spacial score (nSPS) is 14.3. The minimum absolute atomic E-state index is 0.0148. The van der Waals surface area contributed by atoms with E-state index in [0.29, 0.717) is 38.6 Å². The van der Waals surface area contributed by atoms with Gasteiger partial charge in [-0.25, -0.2) is 9.37 Å². The Labute approximate surface area is 178 Å². The lowest BCUT2D eigenvalue weighted by Crippen LogP contribution is -2.32. The summed E-state index contributed by atoms with van der Waals surface area (Å²) >= 11 is 5.59. The Bertz CT molecular complexity index is 870. The molecule has 0 spiro atoms. The molecule has 3 rings (SSSR count). The van der Waals surface area contributed by atoms with Gasteiger partial charge in [0.1, 0.15) is 11.6 Å². The molecule has 1 aliphatic rings. The molecule has 2 aromatic rings. The van der Waals surface area contributed by atoms with Crippen LogP contribution in [-0.4, -0.2) is 49.7 Å². The maximum absolute atomic E-state index is 13.3. The molecule has 0 unspecified atom stereocenters. The van der Waals surface area contributed by atoms with E-state index in [1.54, 1.807) is 0 Å². The van der Waals surface area contributed by atoms with Gasteiger partial charge < -0.3 is 24.5 Å². The van der Waals surface area contributed by atoms with Gasteiger partial charge in [0.25, 0.3) is 11.8 Å². The van der Waals surface area contributed by atoms with Gasteiger partial charge in [-0.05, 0) is 31.4 Å². The average Bonchev–Trinajstić information content (AvgIpc) is 3.25. The first-order chi connectivity index (χ1) is 14.5. The highest BCUT2D eigenvalue weighted by atomic mass is 35.5. The van der Waals surface area contributed by atoms with Gasteiger partial charge in [0.05, 0.1) is 11.2 Å². The molecule has 1 aliphatic heterocycles. The SMILES string of the molecule is O=C(COc1ccc(Cl)c(F)c1)NCCCNC(=O)c1cnc(C2CCOCC2)o1. The molecule has 30 heavy (non-hydrogen) atoms. The Morgan fingerprint density at radius 2 is 2.00 bits per heavy atom. The molecule has 1 aromatic carbocycles. The predicted molar refractivity (Wildman–Crippen MR) is 106 cm³/mol. The molecule has 10 heteroatoms. The molecule has 2 heterocycles. The summed E-state index contributed by atoms with van der Waals surface area (Å²) in [6.45, 7) is 1.79. The number of oxazole rings is 1. The first kappa shape index (κ1) is 22.0. The van der Waals surface area contributed by atoms with E-state index in [1.807, 2.05) is 0 Å². The van der Waals surface area contributed by atoms with Crippen molar-refractivity contribution in [1.82, 2.24) is 15.6 Å². The fourth-order valence-electron chi connectivity index (χ4n) is 2.90. The van der Waals surface area contributed by atoms with Gasteiger partial charge in [0, 0.05) is 38.3 Å². The monoisotopic (exact) mass is 439 g/mol. The Hall–Kier alpha value is -2.65. The second-order valence-corrected chi connectivity index (χ2v) is 7.18. The number of benzene rings is 1. The zero-order valence-corrected chi connectivity index (χ0v) is 17.0. The fourth-order valence-corrected chi connectivity index (χ4v) is 3.02. The van der Waals surface area contributed by atoms with Crippen molar-refractivity contribution >= 4 is 23.4 Å². The van der Waals surface area contributed by atoms with Crippen molar-refractivity contribution in [2.45, 2.75) is 25.2 Å². The quantitative estimate of drug-likeness (QED) is 0.582. The summed E-state index contributed by atoms with van der Waals surface area (Å²) in [5, 5.41) is 5.37. The second-order valence-electron chi connectivity index (χ2n) is 6.77. The van der Waals surface area contributed by atoms with Crippen LogP contribution in [0.3, 0.4) is 0 Å². The van der Waals surface area contributed by atoms with Crippen LogP contribution in [-0.2, 0) is 9.53 Å². The predicted octanol–water partition coefficient (Wildman–Crippen LogP) is 2.68. The summed E-state index contributed by atoms with van der Waals surface area (Å²) in [7, 11) is 0. The number of hydrogen-bond donors (Lipinski definition) is 2. The van der Waals surface area contributed by atoms with Gasteiger partial charge in [-0.2, -0.15) is 0 Å². The van der Waals surface area contributed by atoms with E-state index in [4.69, 9.17) is 25.5 Å². The maximum Gasteiger partial charge on any atom is 0.288 e. The highest BCUT2D eigenvalue weighted by Gasteiger charge is 2.22. The molecule has 0 bridgehead atoms. The number of nitrogens with one attached hydrogen (secondary N) is 2. The molecule has 0 radical (unpaired) electrons. The highest BCUT2D eigenvalue weighted by molar-refractivity contribution is 6.30. The zero-order chi connectivity index (χ0) is 21.3. The Kier molecular flexibility index (Phi) is 8.04. The van der Waals surface area contributed by atoms with Crippen LogP contribution in [0.2, 0.25) is 5.02 Å². The third-order valence-electron chi connectivity index (χ3n) is 4.54. The van der Waals surface area contributed by atoms with Gasteiger partial charge >= 0.3 is 0 Å². The molecule has 162 valence electrons. The van der Waals surface area contributed by atoms with E-state index in [9.17, 15) is 14.0 Å². The van der Waals surface area contributed by atoms with Crippen LogP contribution in [0, 0.1) is 5.82 Å². The van der Waals surface area contributed by atoms with Crippen LogP contribution in [0.25, 0.3) is 0 Å². The second kappa shape index (κ2) is 10.9. The largest absolute Gasteiger partial charge is 0.484 e. The van der Waals surface area contributed by atoms with Crippen LogP contribution in [0.4, 0.5) is 4.39 Å². The Balaban J connectivity index is 1.30. The number of nitrogens with zero attached hydrogens (tertiary/aromatic N) is 1. The van der Waals surface area contributed by atoms with Crippen LogP contribution in [0.5, 0.6) is 5.75 Å². The molecule has 1 fully saturated rings. The lowest BCUT2D eigenvalue weighted by molar-refractivity contribution is -0.123. The summed E-state index contributed by atoms with van der Waals surface area (Å²) in [5.74, 6) is -0.181. The molecule has 1 aromatic heterocycles. The van der Waals surface area contributed by atoms with Crippen molar-refractivity contribution in [2.24, 2.45) is 0 Å². The van der Waals surface area contributed by atoms with Crippen molar-refractivity contribution in [1.29, 1.82) is 0 Å². The Morgan fingerprint density at radius 3 is 2.77 bits per heavy atom. The van der Waals surface area contributed by atoms with Crippen LogP contribution >= 0.6 is 11.6 Å². The van der Waals surface area contributed by atoms with E-state index in [-0.39, 0.29) is 40.9 Å². The topological polar surface area (TPSA) is 103 Å². The van der Waals surface area contributed by atoms with Crippen molar-refractivity contribution in [3.63, 3.8) is 0 Å². The van der Waals surface area contributed by atoms with Crippen LogP contribution < -0.4 is 15.4 Å². The first-order valence-corrected chi connectivity index (χ1v) is 10.1.